The second-order valence-electron chi connectivity index (χ2n) is 4.14. The van der Waals surface area contributed by atoms with Crippen LogP contribution >= 0.6 is 0 Å². The summed E-state index contributed by atoms with van der Waals surface area (Å²) in [5.74, 6) is -0.736. The first-order chi connectivity index (χ1) is 10.2. The standard InChI is InChI=1S/C14H10N4O3/c19-14(20)12-13(17-18-16-12)21-10-6-4-9(5-7-10)11-3-1-2-8-15-11/h1-8H,(H,19,20)(H,16,17,18). The number of pyridine rings is 1. The number of carbonyl (C=O) groups is 1. The number of hydrogen-bond donors (Lipinski definition) is 2. The summed E-state index contributed by atoms with van der Waals surface area (Å²) in [5.41, 5.74) is 1.52. The highest BCUT2D eigenvalue weighted by atomic mass is 16.5. The topological polar surface area (TPSA) is 101 Å². The fraction of sp³-hybridized carbons (Fsp3) is 0. The summed E-state index contributed by atoms with van der Waals surface area (Å²) in [6, 6.07) is 12.8. The number of rotatable bonds is 4. The van der Waals surface area contributed by atoms with Gasteiger partial charge in [-0.05, 0) is 36.4 Å². The summed E-state index contributed by atoms with van der Waals surface area (Å²) in [5, 5.41) is 18.2. The van der Waals surface area contributed by atoms with Crippen molar-refractivity contribution in [3.05, 3.63) is 54.4 Å². The minimum atomic E-state index is -1.20. The Labute approximate surface area is 119 Å². The number of aromatic amines is 1. The van der Waals surface area contributed by atoms with Gasteiger partial charge in [-0.1, -0.05) is 11.3 Å². The summed E-state index contributed by atoms with van der Waals surface area (Å²) < 4.78 is 5.42. The Kier molecular flexibility index (Phi) is 3.30. The lowest BCUT2D eigenvalue weighted by Gasteiger charge is -2.05. The molecular weight excluding hydrogens is 272 g/mol. The number of hydrogen-bond acceptors (Lipinski definition) is 5. The zero-order valence-electron chi connectivity index (χ0n) is 10.7. The first-order valence-corrected chi connectivity index (χ1v) is 6.08. The number of nitrogens with zero attached hydrogens (tertiary/aromatic N) is 3. The van der Waals surface area contributed by atoms with Crippen LogP contribution in [0.3, 0.4) is 0 Å². The minimum absolute atomic E-state index is 0.00640. The maximum Gasteiger partial charge on any atom is 0.362 e. The monoisotopic (exact) mass is 282 g/mol. The third-order valence-corrected chi connectivity index (χ3v) is 2.75. The molecular formula is C14H10N4O3. The van der Waals surface area contributed by atoms with E-state index in [0.717, 1.165) is 11.3 Å². The molecule has 0 saturated heterocycles. The Hall–Kier alpha value is -3.22. The molecule has 3 rings (SSSR count). The first-order valence-electron chi connectivity index (χ1n) is 6.08. The lowest BCUT2D eigenvalue weighted by Crippen LogP contribution is -1.99. The molecule has 0 spiro atoms. The largest absolute Gasteiger partial charge is 0.476 e. The molecule has 0 aliphatic rings. The SMILES string of the molecule is O=C(O)c1nn[nH]c1Oc1ccc(-c2ccccn2)cc1. The van der Waals surface area contributed by atoms with E-state index in [4.69, 9.17) is 9.84 Å². The zero-order chi connectivity index (χ0) is 14.7. The van der Waals surface area contributed by atoms with Crippen LogP contribution in [0.15, 0.2) is 48.7 Å². The number of nitrogens with one attached hydrogen (secondary N) is 1. The van der Waals surface area contributed by atoms with Crippen molar-refractivity contribution in [1.29, 1.82) is 0 Å². The molecule has 0 aliphatic carbocycles. The van der Waals surface area contributed by atoms with Crippen LogP contribution in [0.25, 0.3) is 11.3 Å². The van der Waals surface area contributed by atoms with Crippen molar-refractivity contribution < 1.29 is 14.6 Å². The Morgan fingerprint density at radius 1 is 1.14 bits per heavy atom. The molecule has 21 heavy (non-hydrogen) atoms. The Balaban J connectivity index is 1.82. The number of carboxylic acids is 1. The summed E-state index contributed by atoms with van der Waals surface area (Å²) in [6.45, 7) is 0. The van der Waals surface area contributed by atoms with E-state index >= 15 is 0 Å². The van der Waals surface area contributed by atoms with E-state index in [-0.39, 0.29) is 11.6 Å². The van der Waals surface area contributed by atoms with Crippen molar-refractivity contribution >= 4 is 5.97 Å². The van der Waals surface area contributed by atoms with Crippen molar-refractivity contribution in [3.8, 4) is 22.9 Å². The van der Waals surface area contributed by atoms with Crippen LogP contribution in [0.1, 0.15) is 10.5 Å². The highest BCUT2D eigenvalue weighted by Gasteiger charge is 2.16. The second kappa shape index (κ2) is 5.41. The molecule has 7 heteroatoms. The lowest BCUT2D eigenvalue weighted by atomic mass is 10.1. The van der Waals surface area contributed by atoms with E-state index in [1.807, 2.05) is 30.3 Å². The molecule has 3 aromatic rings. The van der Waals surface area contributed by atoms with Crippen LogP contribution in [0, 0.1) is 0 Å². The van der Waals surface area contributed by atoms with E-state index < -0.39 is 5.97 Å². The molecule has 0 bridgehead atoms. The molecule has 0 atom stereocenters. The van der Waals surface area contributed by atoms with Gasteiger partial charge in [0.1, 0.15) is 5.75 Å². The summed E-state index contributed by atoms with van der Waals surface area (Å²) in [4.78, 5) is 15.1. The van der Waals surface area contributed by atoms with Gasteiger partial charge in [0.05, 0.1) is 5.69 Å². The molecule has 7 nitrogen and oxygen atoms in total. The van der Waals surface area contributed by atoms with Gasteiger partial charge in [0.2, 0.25) is 5.69 Å². The lowest BCUT2D eigenvalue weighted by molar-refractivity contribution is 0.0687. The molecule has 0 radical (unpaired) electrons. The van der Waals surface area contributed by atoms with Crippen molar-refractivity contribution in [2.24, 2.45) is 0 Å². The molecule has 2 heterocycles. The van der Waals surface area contributed by atoms with Crippen LogP contribution in [0.4, 0.5) is 0 Å². The van der Waals surface area contributed by atoms with Crippen molar-refractivity contribution in [2.45, 2.75) is 0 Å². The molecule has 104 valence electrons. The minimum Gasteiger partial charge on any atom is -0.476 e. The van der Waals surface area contributed by atoms with Gasteiger partial charge in [-0.3, -0.25) is 4.98 Å². The molecule has 2 N–H and O–H groups in total. The maximum atomic E-state index is 10.9. The highest BCUT2D eigenvalue weighted by Crippen LogP contribution is 2.24. The smallest absolute Gasteiger partial charge is 0.362 e. The molecule has 0 aliphatic heterocycles. The zero-order valence-corrected chi connectivity index (χ0v) is 10.7. The van der Waals surface area contributed by atoms with Crippen LogP contribution in [-0.2, 0) is 0 Å². The van der Waals surface area contributed by atoms with Crippen molar-refractivity contribution in [1.82, 2.24) is 20.4 Å². The van der Waals surface area contributed by atoms with Gasteiger partial charge in [0, 0.05) is 11.8 Å². The van der Waals surface area contributed by atoms with Gasteiger partial charge < -0.3 is 9.84 Å². The van der Waals surface area contributed by atoms with Crippen molar-refractivity contribution in [2.75, 3.05) is 0 Å². The number of benzene rings is 1. The van der Waals surface area contributed by atoms with E-state index in [2.05, 4.69) is 20.4 Å². The van der Waals surface area contributed by atoms with E-state index in [9.17, 15) is 4.79 Å². The van der Waals surface area contributed by atoms with Gasteiger partial charge in [-0.25, -0.2) is 9.89 Å². The third kappa shape index (κ3) is 2.71. The van der Waals surface area contributed by atoms with Gasteiger partial charge in [-0.2, -0.15) is 0 Å². The highest BCUT2D eigenvalue weighted by molar-refractivity contribution is 5.87. The normalized spacial score (nSPS) is 10.3. The average molecular weight is 282 g/mol. The molecule has 2 aromatic heterocycles. The molecule has 1 aromatic carbocycles. The van der Waals surface area contributed by atoms with Crippen LogP contribution < -0.4 is 4.74 Å². The summed E-state index contributed by atoms with van der Waals surface area (Å²) >= 11 is 0. The predicted octanol–water partition coefficient (Wildman–Crippen LogP) is 2.36. The maximum absolute atomic E-state index is 10.9. The van der Waals surface area contributed by atoms with Crippen LogP contribution in [0.2, 0.25) is 0 Å². The van der Waals surface area contributed by atoms with Gasteiger partial charge in [-0.15, -0.1) is 5.10 Å². The van der Waals surface area contributed by atoms with E-state index in [1.165, 1.54) is 0 Å². The fourth-order valence-electron chi connectivity index (χ4n) is 1.77. The summed E-state index contributed by atoms with van der Waals surface area (Å²) in [6.07, 6.45) is 1.72. The van der Waals surface area contributed by atoms with Crippen LogP contribution in [0.5, 0.6) is 11.6 Å². The Bertz CT molecular complexity index is 753. The Morgan fingerprint density at radius 3 is 2.62 bits per heavy atom. The predicted molar refractivity (Wildman–Crippen MR) is 73.1 cm³/mol. The molecule has 0 saturated carbocycles. The van der Waals surface area contributed by atoms with Crippen molar-refractivity contribution in [3.63, 3.8) is 0 Å². The second-order valence-corrected chi connectivity index (χ2v) is 4.14. The number of aromatic nitrogens is 4. The fourth-order valence-corrected chi connectivity index (χ4v) is 1.77. The van der Waals surface area contributed by atoms with Gasteiger partial charge >= 0.3 is 5.97 Å². The molecule has 0 fully saturated rings. The first kappa shape index (κ1) is 12.8. The van der Waals surface area contributed by atoms with E-state index in [1.54, 1.807) is 18.3 Å². The van der Waals surface area contributed by atoms with E-state index in [0.29, 0.717) is 5.75 Å². The van der Waals surface area contributed by atoms with Gasteiger partial charge in [0.25, 0.3) is 5.88 Å². The van der Waals surface area contributed by atoms with Gasteiger partial charge in [0.15, 0.2) is 0 Å². The number of ether oxygens (including phenoxy) is 1. The average Bonchev–Trinajstić information content (AvgIpc) is 2.97. The Morgan fingerprint density at radius 2 is 1.95 bits per heavy atom. The number of aromatic carboxylic acids is 1. The quantitative estimate of drug-likeness (QED) is 0.761. The van der Waals surface area contributed by atoms with Crippen LogP contribution in [-0.4, -0.2) is 31.5 Å². The summed E-state index contributed by atoms with van der Waals surface area (Å²) in [7, 11) is 0. The third-order valence-electron chi connectivity index (χ3n) is 2.75. The number of carboxylic acid groups (broad SMARTS) is 1. The molecule has 0 unspecified atom stereocenters. The molecule has 0 amide bonds. The number of H-pyrrole nitrogens is 1.